The van der Waals surface area contributed by atoms with Gasteiger partial charge in [-0.15, -0.1) is 0 Å². The summed E-state index contributed by atoms with van der Waals surface area (Å²) in [7, 11) is -3.89. The van der Waals surface area contributed by atoms with Gasteiger partial charge in [0.1, 0.15) is 19.5 Å². The number of amides is 1. The number of sulfonamides is 1. The molecular formula is C20H17N3O8S. The van der Waals surface area contributed by atoms with E-state index in [0.29, 0.717) is 24.7 Å². The smallest absolute Gasteiger partial charge is 0.338 e. The van der Waals surface area contributed by atoms with E-state index in [-0.39, 0.29) is 22.0 Å². The molecule has 0 spiro atoms. The Morgan fingerprint density at radius 2 is 1.75 bits per heavy atom. The lowest BCUT2D eigenvalue weighted by Gasteiger charge is -2.19. The molecule has 2 N–H and O–H groups in total. The molecule has 1 aliphatic heterocycles. The molecule has 32 heavy (non-hydrogen) atoms. The second kappa shape index (κ2) is 8.98. The highest BCUT2D eigenvalue weighted by molar-refractivity contribution is 7.92. The van der Waals surface area contributed by atoms with Gasteiger partial charge in [0.2, 0.25) is 0 Å². The van der Waals surface area contributed by atoms with Gasteiger partial charge < -0.3 is 24.1 Å². The number of nitrogens with zero attached hydrogens (tertiary/aromatic N) is 1. The minimum Gasteiger partial charge on any atom is -0.486 e. The first-order chi connectivity index (χ1) is 15.4. The minimum atomic E-state index is -3.89. The van der Waals surface area contributed by atoms with Gasteiger partial charge in [-0.1, -0.05) is 5.16 Å². The Bertz CT molecular complexity index is 1220. The lowest BCUT2D eigenvalue weighted by molar-refractivity contribution is -0.119. The maximum atomic E-state index is 12.7. The molecule has 3 aromatic rings. The Kier molecular flexibility index (Phi) is 5.94. The van der Waals surface area contributed by atoms with Crippen LogP contribution < -0.4 is 19.5 Å². The van der Waals surface area contributed by atoms with E-state index in [0.717, 1.165) is 0 Å². The number of ether oxygens (including phenoxy) is 3. The van der Waals surface area contributed by atoms with Crippen molar-refractivity contribution in [2.75, 3.05) is 29.9 Å². The fourth-order valence-electron chi connectivity index (χ4n) is 2.75. The van der Waals surface area contributed by atoms with Crippen LogP contribution in [0.4, 0.5) is 11.5 Å². The van der Waals surface area contributed by atoms with Crippen molar-refractivity contribution in [1.82, 2.24) is 5.16 Å². The summed E-state index contributed by atoms with van der Waals surface area (Å²) in [5.74, 6) is -0.309. The first kappa shape index (κ1) is 21.2. The zero-order valence-electron chi connectivity index (χ0n) is 16.4. The van der Waals surface area contributed by atoms with Crippen molar-refractivity contribution in [2.24, 2.45) is 0 Å². The second-order valence-corrected chi connectivity index (χ2v) is 8.18. The Morgan fingerprint density at radius 1 is 1.00 bits per heavy atom. The molecule has 0 atom stereocenters. The van der Waals surface area contributed by atoms with E-state index < -0.39 is 28.5 Å². The number of anilines is 2. The summed E-state index contributed by atoms with van der Waals surface area (Å²) in [6.07, 6.45) is 1.28. The van der Waals surface area contributed by atoms with Crippen LogP contribution in [0, 0.1) is 0 Å². The average Bonchev–Trinajstić information content (AvgIpc) is 3.30. The molecule has 1 amide bonds. The predicted octanol–water partition coefficient (Wildman–Crippen LogP) is 2.04. The van der Waals surface area contributed by atoms with Crippen molar-refractivity contribution >= 4 is 33.4 Å². The number of aromatic nitrogens is 1. The van der Waals surface area contributed by atoms with E-state index in [1.165, 1.54) is 54.8 Å². The molecule has 1 aliphatic rings. The van der Waals surface area contributed by atoms with Gasteiger partial charge in [-0.3, -0.25) is 9.52 Å². The Labute approximate surface area is 182 Å². The molecule has 12 heteroatoms. The molecular weight excluding hydrogens is 442 g/mol. The van der Waals surface area contributed by atoms with Crippen LogP contribution in [0.1, 0.15) is 10.4 Å². The van der Waals surface area contributed by atoms with Crippen molar-refractivity contribution in [3.8, 4) is 11.5 Å². The monoisotopic (exact) mass is 459 g/mol. The largest absolute Gasteiger partial charge is 0.486 e. The predicted molar refractivity (Wildman–Crippen MR) is 110 cm³/mol. The summed E-state index contributed by atoms with van der Waals surface area (Å²) in [4.78, 5) is 23.8. The summed E-state index contributed by atoms with van der Waals surface area (Å²) < 4.78 is 48.1. The van der Waals surface area contributed by atoms with Gasteiger partial charge in [0.05, 0.1) is 10.5 Å². The molecule has 0 unspecified atom stereocenters. The number of esters is 1. The van der Waals surface area contributed by atoms with Gasteiger partial charge in [-0.25, -0.2) is 13.2 Å². The summed E-state index contributed by atoms with van der Waals surface area (Å²) in [6.45, 7) is 0.214. The molecule has 0 saturated heterocycles. The fourth-order valence-corrected chi connectivity index (χ4v) is 3.82. The third-order valence-corrected chi connectivity index (χ3v) is 5.62. The van der Waals surface area contributed by atoms with Crippen molar-refractivity contribution in [3.05, 3.63) is 60.4 Å². The van der Waals surface area contributed by atoms with E-state index in [9.17, 15) is 18.0 Å². The van der Waals surface area contributed by atoms with Gasteiger partial charge in [-0.05, 0) is 36.4 Å². The molecule has 2 aromatic carbocycles. The first-order valence-electron chi connectivity index (χ1n) is 9.31. The van der Waals surface area contributed by atoms with Crippen LogP contribution in [0.25, 0.3) is 0 Å². The number of carbonyl (C=O) groups is 2. The first-order valence-corrected chi connectivity index (χ1v) is 10.8. The highest BCUT2D eigenvalue weighted by Crippen LogP contribution is 2.32. The van der Waals surface area contributed by atoms with Gasteiger partial charge in [-0.2, -0.15) is 0 Å². The molecule has 0 fully saturated rings. The average molecular weight is 459 g/mol. The van der Waals surface area contributed by atoms with Crippen LogP contribution in [0.3, 0.4) is 0 Å². The van der Waals surface area contributed by atoms with Crippen LogP contribution in [0.15, 0.2) is 64.2 Å². The number of hydrogen-bond acceptors (Lipinski definition) is 9. The number of rotatable bonds is 7. The number of fused-ring (bicyclic) bond motifs is 1. The van der Waals surface area contributed by atoms with Crippen LogP contribution in [0.2, 0.25) is 0 Å². The standard InChI is InChI=1S/C20H17N3O8S/c24-19(21-18-7-8-31-22-18)12-30-20(25)13-1-3-14(4-2-13)23-32(26,27)15-5-6-16-17(11-15)29-10-9-28-16/h1-8,11,23H,9-10,12H2,(H,21,22,24). The topological polar surface area (TPSA) is 146 Å². The fraction of sp³-hybridized carbons (Fsp3) is 0.150. The summed E-state index contributed by atoms with van der Waals surface area (Å²) >= 11 is 0. The van der Waals surface area contributed by atoms with Gasteiger partial charge in [0.15, 0.2) is 23.9 Å². The summed E-state index contributed by atoms with van der Waals surface area (Å²) in [6, 6.07) is 11.3. The van der Waals surface area contributed by atoms with Crippen molar-refractivity contribution < 1.29 is 36.7 Å². The summed E-state index contributed by atoms with van der Waals surface area (Å²) in [5, 5.41) is 5.89. The van der Waals surface area contributed by atoms with E-state index in [4.69, 9.17) is 14.2 Å². The van der Waals surface area contributed by atoms with Gasteiger partial charge >= 0.3 is 5.97 Å². The zero-order chi connectivity index (χ0) is 22.6. The highest BCUT2D eigenvalue weighted by Gasteiger charge is 2.20. The number of hydrogen-bond donors (Lipinski definition) is 2. The van der Waals surface area contributed by atoms with Gasteiger partial charge in [0.25, 0.3) is 15.9 Å². The van der Waals surface area contributed by atoms with E-state index in [1.54, 1.807) is 0 Å². The van der Waals surface area contributed by atoms with Crippen molar-refractivity contribution in [1.29, 1.82) is 0 Å². The molecule has 0 radical (unpaired) electrons. The van der Waals surface area contributed by atoms with Crippen LogP contribution in [-0.2, 0) is 19.6 Å². The normalized spacial score (nSPS) is 12.6. The number of nitrogens with one attached hydrogen (secondary N) is 2. The number of carbonyl (C=O) groups excluding carboxylic acids is 2. The van der Waals surface area contributed by atoms with Crippen LogP contribution in [-0.4, -0.2) is 45.3 Å². The maximum Gasteiger partial charge on any atom is 0.338 e. The van der Waals surface area contributed by atoms with Crippen molar-refractivity contribution in [3.63, 3.8) is 0 Å². The highest BCUT2D eigenvalue weighted by atomic mass is 32.2. The molecule has 0 saturated carbocycles. The molecule has 166 valence electrons. The Morgan fingerprint density at radius 3 is 2.47 bits per heavy atom. The van der Waals surface area contributed by atoms with Crippen LogP contribution in [0.5, 0.6) is 11.5 Å². The summed E-state index contributed by atoms with van der Waals surface area (Å²) in [5.41, 5.74) is 0.377. The van der Waals surface area contributed by atoms with E-state index >= 15 is 0 Å². The van der Waals surface area contributed by atoms with Gasteiger partial charge in [0, 0.05) is 17.8 Å². The zero-order valence-corrected chi connectivity index (χ0v) is 17.3. The SMILES string of the molecule is O=C(COC(=O)c1ccc(NS(=O)(=O)c2ccc3c(c2)OCCO3)cc1)Nc1ccon1. The second-order valence-electron chi connectivity index (χ2n) is 6.50. The molecule has 0 aliphatic carbocycles. The molecule has 1 aromatic heterocycles. The van der Waals surface area contributed by atoms with Crippen LogP contribution >= 0.6 is 0 Å². The third kappa shape index (κ3) is 4.98. The lowest BCUT2D eigenvalue weighted by atomic mass is 10.2. The molecule has 0 bridgehead atoms. The Balaban J connectivity index is 1.35. The van der Waals surface area contributed by atoms with Crippen molar-refractivity contribution in [2.45, 2.75) is 4.90 Å². The lowest BCUT2D eigenvalue weighted by Crippen LogP contribution is -2.21. The minimum absolute atomic E-state index is 0.00311. The molecule has 11 nitrogen and oxygen atoms in total. The molecule has 4 rings (SSSR count). The van der Waals surface area contributed by atoms with E-state index in [1.807, 2.05) is 0 Å². The number of benzene rings is 2. The third-order valence-electron chi connectivity index (χ3n) is 4.24. The maximum absolute atomic E-state index is 12.7. The Hall–Kier alpha value is -4.06. The quantitative estimate of drug-likeness (QED) is 0.507. The van der Waals surface area contributed by atoms with E-state index in [2.05, 4.69) is 19.7 Å². The molecule has 2 heterocycles.